The Hall–Kier alpha value is -3.73. The molecule has 1 N–H and O–H groups in total. The molecule has 0 spiro atoms. The first-order valence-electron chi connectivity index (χ1n) is 14.0. The summed E-state index contributed by atoms with van der Waals surface area (Å²) in [7, 11) is 0. The molecule has 41 heavy (non-hydrogen) atoms. The fraction of sp³-hybridized carbons (Fsp3) is 0.433. The molecule has 3 unspecified atom stereocenters. The number of carbonyl (C=O) groups excluding carboxylic acids is 2. The lowest BCUT2D eigenvalue weighted by molar-refractivity contribution is -0.153. The predicted molar refractivity (Wildman–Crippen MR) is 150 cm³/mol. The zero-order valence-electron chi connectivity index (χ0n) is 22.7. The van der Waals surface area contributed by atoms with E-state index in [0.29, 0.717) is 55.4 Å². The molecule has 3 atom stereocenters. The first-order valence-corrected chi connectivity index (χ1v) is 14.7. The van der Waals surface area contributed by atoms with Gasteiger partial charge in [0.15, 0.2) is 6.61 Å². The third kappa shape index (κ3) is 5.23. The molecule has 3 aliphatic rings. The number of benzene rings is 2. The minimum atomic E-state index is -0.927. The lowest BCUT2D eigenvalue weighted by Crippen LogP contribution is -2.50. The quantitative estimate of drug-likeness (QED) is 0.402. The van der Waals surface area contributed by atoms with E-state index in [1.165, 1.54) is 0 Å². The van der Waals surface area contributed by atoms with Gasteiger partial charge in [0.1, 0.15) is 5.75 Å². The molecule has 0 saturated heterocycles. The van der Waals surface area contributed by atoms with Crippen molar-refractivity contribution in [2.24, 2.45) is 11.8 Å². The maximum Gasteiger partial charge on any atom is 0.307 e. The van der Waals surface area contributed by atoms with Gasteiger partial charge in [0.25, 0.3) is 5.91 Å². The van der Waals surface area contributed by atoms with E-state index in [0.717, 1.165) is 34.0 Å². The summed E-state index contributed by atoms with van der Waals surface area (Å²) < 4.78 is 12.2. The second-order valence-electron chi connectivity index (χ2n) is 10.9. The minimum absolute atomic E-state index is 0.0733. The van der Waals surface area contributed by atoms with Crippen LogP contribution in [-0.2, 0) is 29.2 Å². The molecule has 2 amide bonds. The number of aryl methyl sites for hydroxylation is 1. The Morgan fingerprint density at radius 1 is 1.15 bits per heavy atom. The number of ether oxygens (including phenoxy) is 1. The van der Waals surface area contributed by atoms with Crippen molar-refractivity contribution in [2.75, 3.05) is 13.1 Å². The Morgan fingerprint density at radius 3 is 2.66 bits per heavy atom. The van der Waals surface area contributed by atoms with Crippen LogP contribution in [0.4, 0.5) is 0 Å². The number of hydrogen-bond acceptors (Lipinski definition) is 7. The summed E-state index contributed by atoms with van der Waals surface area (Å²) >= 11 is 3.70. The first kappa shape index (κ1) is 27.4. The van der Waals surface area contributed by atoms with Crippen LogP contribution in [0.5, 0.6) is 5.75 Å². The number of hydrogen-bond donors (Lipinski definition) is 1. The fourth-order valence-corrected chi connectivity index (χ4v) is 7.05. The van der Waals surface area contributed by atoms with E-state index in [1.54, 1.807) is 16.7 Å². The molecule has 0 bridgehead atoms. The number of rotatable bonds is 7. The van der Waals surface area contributed by atoms with E-state index in [2.05, 4.69) is 26.1 Å². The van der Waals surface area contributed by atoms with Gasteiger partial charge in [-0.3, -0.25) is 14.4 Å². The van der Waals surface area contributed by atoms with E-state index in [1.807, 2.05) is 36.4 Å². The number of nitrogens with zero attached hydrogens (tertiary/aromatic N) is 4. The smallest absolute Gasteiger partial charge is 0.307 e. The van der Waals surface area contributed by atoms with Gasteiger partial charge in [-0.25, -0.2) is 0 Å². The molecular formula is C30H31BrN4O6. The number of carboxylic acid groups (broad SMARTS) is 1. The van der Waals surface area contributed by atoms with Crippen molar-refractivity contribution < 1.29 is 28.8 Å². The molecule has 1 aromatic heterocycles. The molecular weight excluding hydrogens is 592 g/mol. The van der Waals surface area contributed by atoms with Crippen LogP contribution in [0.3, 0.4) is 0 Å². The van der Waals surface area contributed by atoms with Gasteiger partial charge in [-0.1, -0.05) is 52.1 Å². The van der Waals surface area contributed by atoms with Crippen molar-refractivity contribution in [1.29, 1.82) is 0 Å². The van der Waals surface area contributed by atoms with Gasteiger partial charge in [0.05, 0.1) is 17.9 Å². The van der Waals surface area contributed by atoms with Crippen LogP contribution >= 0.6 is 15.9 Å². The first-order chi connectivity index (χ1) is 19.8. The fourth-order valence-electron chi connectivity index (χ4n) is 6.51. The van der Waals surface area contributed by atoms with Crippen molar-refractivity contribution in [3.63, 3.8) is 0 Å². The van der Waals surface area contributed by atoms with E-state index in [4.69, 9.17) is 9.26 Å². The number of amides is 2. The highest BCUT2D eigenvalue weighted by Gasteiger charge is 2.44. The Balaban J connectivity index is 1.38. The molecule has 2 aliphatic heterocycles. The zero-order chi connectivity index (χ0) is 28.7. The number of fused-ring (bicyclic) bond motifs is 2. The van der Waals surface area contributed by atoms with Crippen molar-refractivity contribution in [3.05, 3.63) is 74.8 Å². The molecule has 2 aromatic carbocycles. The number of aliphatic carboxylic acids is 1. The highest BCUT2D eigenvalue weighted by atomic mass is 79.9. The zero-order valence-corrected chi connectivity index (χ0v) is 24.3. The summed E-state index contributed by atoms with van der Waals surface area (Å²) in [5.74, 6) is -1.09. The molecule has 3 heterocycles. The molecule has 10 nitrogen and oxygen atoms in total. The molecule has 1 fully saturated rings. The molecule has 3 aromatic rings. The van der Waals surface area contributed by atoms with Gasteiger partial charge in [0, 0.05) is 42.2 Å². The van der Waals surface area contributed by atoms with Crippen molar-refractivity contribution in [2.45, 2.75) is 58.2 Å². The largest absolute Gasteiger partial charge is 0.485 e. The van der Waals surface area contributed by atoms with Crippen LogP contribution in [0.25, 0.3) is 0 Å². The summed E-state index contributed by atoms with van der Waals surface area (Å²) in [5.41, 5.74) is 3.43. The third-order valence-electron chi connectivity index (χ3n) is 8.47. The summed E-state index contributed by atoms with van der Waals surface area (Å²) in [6.45, 7) is 2.89. The second kappa shape index (κ2) is 11.3. The van der Waals surface area contributed by atoms with E-state index in [9.17, 15) is 19.5 Å². The van der Waals surface area contributed by atoms with Crippen LogP contribution < -0.4 is 4.74 Å². The van der Waals surface area contributed by atoms with Crippen LogP contribution in [0.2, 0.25) is 0 Å². The van der Waals surface area contributed by atoms with Crippen LogP contribution in [0, 0.1) is 18.8 Å². The second-order valence-corrected chi connectivity index (χ2v) is 11.8. The van der Waals surface area contributed by atoms with Crippen molar-refractivity contribution in [3.8, 4) is 5.75 Å². The van der Waals surface area contributed by atoms with Gasteiger partial charge < -0.3 is 24.2 Å². The summed E-state index contributed by atoms with van der Waals surface area (Å²) in [4.78, 5) is 47.6. The summed E-state index contributed by atoms with van der Waals surface area (Å²) in [5, 5.41) is 13.9. The normalized spacial score (nSPS) is 21.9. The predicted octanol–water partition coefficient (Wildman–Crippen LogP) is 4.69. The maximum atomic E-state index is 14.2. The lowest BCUT2D eigenvalue weighted by Gasteiger charge is -2.43. The topological polar surface area (TPSA) is 126 Å². The van der Waals surface area contributed by atoms with E-state index < -0.39 is 23.8 Å². The molecule has 214 valence electrons. The van der Waals surface area contributed by atoms with Gasteiger partial charge in [-0.15, -0.1) is 0 Å². The van der Waals surface area contributed by atoms with Crippen LogP contribution in [0.1, 0.15) is 70.5 Å². The molecule has 6 rings (SSSR count). The Kier molecular flexibility index (Phi) is 7.54. The monoisotopic (exact) mass is 622 g/mol. The number of halogens is 1. The van der Waals surface area contributed by atoms with Crippen LogP contribution in [-0.4, -0.2) is 55.9 Å². The van der Waals surface area contributed by atoms with E-state index in [-0.39, 0.29) is 25.0 Å². The van der Waals surface area contributed by atoms with Gasteiger partial charge in [-0.05, 0) is 48.6 Å². The highest BCUT2D eigenvalue weighted by molar-refractivity contribution is 9.10. The average molecular weight is 624 g/mol. The Labute approximate surface area is 245 Å². The minimum Gasteiger partial charge on any atom is -0.485 e. The molecule has 1 saturated carbocycles. The van der Waals surface area contributed by atoms with Crippen molar-refractivity contribution >= 4 is 33.7 Å². The Bertz CT molecular complexity index is 1510. The number of carboxylic acids is 1. The van der Waals surface area contributed by atoms with E-state index >= 15 is 0 Å². The molecule has 1 aliphatic carbocycles. The molecule has 0 radical (unpaired) electrons. The summed E-state index contributed by atoms with van der Waals surface area (Å²) in [6, 6.07) is 10.8. The average Bonchev–Trinajstić information content (AvgIpc) is 3.54. The van der Waals surface area contributed by atoms with Gasteiger partial charge >= 0.3 is 5.97 Å². The maximum absolute atomic E-state index is 14.2. The molecule has 11 heteroatoms. The standard InChI is InChI=1S/C30H31BrN4O6/c1-17-32-26(33-41-17)16-40-25-11-10-23(31)22-12-13-35(29(37)20-8-4-5-9-21(20)30(38)39)24(27(22)25)15-34-14-18-6-2-3-7-19(18)28(34)36/h2-3,6-7,10-11,20-21,24H,4-5,8-9,12-16H2,1H3,(H,38,39). The van der Waals surface area contributed by atoms with Crippen LogP contribution in [0.15, 0.2) is 45.4 Å². The van der Waals surface area contributed by atoms with Gasteiger partial charge in [0.2, 0.25) is 17.6 Å². The number of carbonyl (C=O) groups is 3. The highest BCUT2D eigenvalue weighted by Crippen LogP contribution is 2.43. The summed E-state index contributed by atoms with van der Waals surface area (Å²) in [6.07, 6.45) is 3.21. The lowest BCUT2D eigenvalue weighted by atomic mass is 9.77. The third-order valence-corrected chi connectivity index (χ3v) is 9.21. The SMILES string of the molecule is Cc1nc(COc2ccc(Br)c3c2C(CN2Cc4ccccc4C2=O)N(C(=O)C2CCCCC2C(=O)O)CC3)no1. The van der Waals surface area contributed by atoms with Gasteiger partial charge in [-0.2, -0.15) is 4.98 Å². The Morgan fingerprint density at radius 2 is 1.93 bits per heavy atom. The van der Waals surface area contributed by atoms with Crippen molar-refractivity contribution in [1.82, 2.24) is 19.9 Å². The number of aromatic nitrogens is 2.